The van der Waals surface area contributed by atoms with E-state index in [9.17, 15) is 4.79 Å². The van der Waals surface area contributed by atoms with Crippen molar-refractivity contribution in [2.24, 2.45) is 5.92 Å². The van der Waals surface area contributed by atoms with Crippen molar-refractivity contribution in [3.63, 3.8) is 0 Å². The summed E-state index contributed by atoms with van der Waals surface area (Å²) in [7, 11) is 0. The number of hydrogen-bond donors (Lipinski definition) is 1. The van der Waals surface area contributed by atoms with E-state index in [0.29, 0.717) is 0 Å². The van der Waals surface area contributed by atoms with Crippen LogP contribution >= 0.6 is 0 Å². The van der Waals surface area contributed by atoms with Crippen LogP contribution in [0.3, 0.4) is 0 Å². The van der Waals surface area contributed by atoms with Gasteiger partial charge in [0.15, 0.2) is 6.10 Å². The molecule has 0 radical (unpaired) electrons. The molecular weight excluding hydrogens is 192 g/mol. The molecular formula is C12H14O3. The van der Waals surface area contributed by atoms with Crippen molar-refractivity contribution in [2.45, 2.75) is 25.6 Å². The highest BCUT2D eigenvalue weighted by Crippen LogP contribution is 2.51. The summed E-state index contributed by atoms with van der Waals surface area (Å²) < 4.78 is 5.41. The summed E-state index contributed by atoms with van der Waals surface area (Å²) in [5, 5.41) is 8.97. The van der Waals surface area contributed by atoms with E-state index >= 15 is 0 Å². The van der Waals surface area contributed by atoms with E-state index in [-0.39, 0.29) is 5.92 Å². The first kappa shape index (κ1) is 10.2. The average molecular weight is 206 g/mol. The Bertz CT molecular complexity index is 372. The highest BCUT2D eigenvalue weighted by atomic mass is 16.6. The van der Waals surface area contributed by atoms with Gasteiger partial charge in [0.25, 0.3) is 0 Å². The Morgan fingerprint density at radius 1 is 1.40 bits per heavy atom. The van der Waals surface area contributed by atoms with Gasteiger partial charge in [-0.3, -0.25) is 0 Å². The van der Waals surface area contributed by atoms with Crippen LogP contribution in [0.5, 0.6) is 0 Å². The van der Waals surface area contributed by atoms with E-state index in [1.807, 2.05) is 44.2 Å². The van der Waals surface area contributed by atoms with Gasteiger partial charge < -0.3 is 9.84 Å². The van der Waals surface area contributed by atoms with Crippen molar-refractivity contribution < 1.29 is 14.6 Å². The van der Waals surface area contributed by atoms with E-state index in [0.717, 1.165) is 5.56 Å². The fourth-order valence-electron chi connectivity index (χ4n) is 2.09. The minimum Gasteiger partial charge on any atom is -0.479 e. The summed E-state index contributed by atoms with van der Waals surface area (Å²) >= 11 is 0. The van der Waals surface area contributed by atoms with E-state index in [2.05, 4.69) is 0 Å². The van der Waals surface area contributed by atoms with Gasteiger partial charge in [0, 0.05) is 0 Å². The molecule has 0 bridgehead atoms. The predicted octanol–water partition coefficient (Wildman–Crippen LogP) is 2.02. The Morgan fingerprint density at radius 2 is 2.00 bits per heavy atom. The molecule has 1 aliphatic heterocycles. The van der Waals surface area contributed by atoms with Gasteiger partial charge in [-0.15, -0.1) is 0 Å². The first-order valence-electron chi connectivity index (χ1n) is 5.05. The molecule has 0 amide bonds. The molecule has 1 aromatic carbocycles. The van der Waals surface area contributed by atoms with E-state index in [4.69, 9.17) is 9.84 Å². The molecule has 0 spiro atoms. The normalized spacial score (nSPS) is 29.1. The van der Waals surface area contributed by atoms with Crippen molar-refractivity contribution in [3.8, 4) is 0 Å². The lowest BCUT2D eigenvalue weighted by molar-refractivity contribution is -0.138. The van der Waals surface area contributed by atoms with Gasteiger partial charge in [-0.1, -0.05) is 44.2 Å². The number of rotatable bonds is 3. The lowest BCUT2D eigenvalue weighted by Gasteiger charge is -2.16. The lowest BCUT2D eigenvalue weighted by Crippen LogP contribution is -2.24. The van der Waals surface area contributed by atoms with Crippen molar-refractivity contribution in [1.29, 1.82) is 0 Å². The fraction of sp³-hybridized carbons (Fsp3) is 0.417. The Balaban J connectivity index is 2.36. The third kappa shape index (κ3) is 1.43. The van der Waals surface area contributed by atoms with Crippen molar-refractivity contribution in [3.05, 3.63) is 35.9 Å². The third-order valence-electron chi connectivity index (χ3n) is 2.95. The number of carboxylic acid groups (broad SMARTS) is 1. The second-order valence-corrected chi connectivity index (χ2v) is 4.15. The summed E-state index contributed by atoms with van der Waals surface area (Å²) in [6.45, 7) is 3.96. The number of ether oxygens (including phenoxy) is 1. The molecule has 1 aromatic rings. The van der Waals surface area contributed by atoms with Crippen LogP contribution in [-0.2, 0) is 15.1 Å². The van der Waals surface area contributed by atoms with Gasteiger partial charge in [0.1, 0.15) is 5.60 Å². The molecule has 3 heteroatoms. The molecule has 2 atom stereocenters. The molecule has 0 saturated carbocycles. The largest absolute Gasteiger partial charge is 0.479 e. The van der Waals surface area contributed by atoms with Crippen LogP contribution in [0.25, 0.3) is 0 Å². The number of benzene rings is 1. The second-order valence-electron chi connectivity index (χ2n) is 4.15. The number of carboxylic acids is 1. The second kappa shape index (κ2) is 3.35. The van der Waals surface area contributed by atoms with E-state index in [1.165, 1.54) is 0 Å². The standard InChI is InChI=1S/C12H14O3/c1-8(2)12(10(15-12)11(13)14)9-6-4-3-5-7-9/h3-8,10H,1-2H3,(H,13,14)/t10-,12-/m0/s1. The van der Waals surface area contributed by atoms with Gasteiger partial charge in [-0.2, -0.15) is 0 Å². The molecule has 15 heavy (non-hydrogen) atoms. The van der Waals surface area contributed by atoms with Crippen LogP contribution in [-0.4, -0.2) is 17.2 Å². The molecule has 0 aliphatic carbocycles. The highest BCUT2D eigenvalue weighted by molar-refractivity contribution is 5.78. The highest BCUT2D eigenvalue weighted by Gasteiger charge is 2.63. The monoisotopic (exact) mass is 206 g/mol. The van der Waals surface area contributed by atoms with E-state index < -0.39 is 17.7 Å². The average Bonchev–Trinajstić information content (AvgIpc) is 2.95. The molecule has 1 saturated heterocycles. The zero-order valence-electron chi connectivity index (χ0n) is 8.81. The minimum absolute atomic E-state index is 0.154. The topological polar surface area (TPSA) is 49.8 Å². The molecule has 0 unspecified atom stereocenters. The van der Waals surface area contributed by atoms with Gasteiger partial charge in [0.2, 0.25) is 0 Å². The smallest absolute Gasteiger partial charge is 0.336 e. The molecule has 1 N–H and O–H groups in total. The fourth-order valence-corrected chi connectivity index (χ4v) is 2.09. The Hall–Kier alpha value is -1.35. The number of aliphatic carboxylic acids is 1. The first-order valence-corrected chi connectivity index (χ1v) is 5.05. The maximum Gasteiger partial charge on any atom is 0.336 e. The predicted molar refractivity (Wildman–Crippen MR) is 55.5 cm³/mol. The number of carbonyl (C=O) groups is 1. The van der Waals surface area contributed by atoms with E-state index in [1.54, 1.807) is 0 Å². The van der Waals surface area contributed by atoms with Crippen molar-refractivity contribution >= 4 is 5.97 Å². The Morgan fingerprint density at radius 3 is 2.40 bits per heavy atom. The maximum absolute atomic E-state index is 10.9. The summed E-state index contributed by atoms with van der Waals surface area (Å²) in [6, 6.07) is 9.56. The third-order valence-corrected chi connectivity index (χ3v) is 2.95. The molecule has 0 aromatic heterocycles. The van der Waals surface area contributed by atoms with Crippen molar-refractivity contribution in [2.75, 3.05) is 0 Å². The van der Waals surface area contributed by atoms with Crippen LogP contribution in [0.2, 0.25) is 0 Å². The summed E-state index contributed by atoms with van der Waals surface area (Å²) in [4.78, 5) is 10.9. The summed E-state index contributed by atoms with van der Waals surface area (Å²) in [5.41, 5.74) is 0.333. The Labute approximate surface area is 88.7 Å². The molecule has 1 heterocycles. The van der Waals surface area contributed by atoms with Gasteiger partial charge in [-0.05, 0) is 11.5 Å². The zero-order valence-corrected chi connectivity index (χ0v) is 8.81. The number of hydrogen-bond acceptors (Lipinski definition) is 2. The summed E-state index contributed by atoms with van der Waals surface area (Å²) in [5.74, 6) is -0.728. The minimum atomic E-state index is -0.882. The van der Waals surface area contributed by atoms with Gasteiger partial charge >= 0.3 is 5.97 Å². The SMILES string of the molecule is CC(C)[C@@]1(c2ccccc2)O[C@H]1C(=O)O. The molecule has 3 nitrogen and oxygen atoms in total. The van der Waals surface area contributed by atoms with Crippen LogP contribution in [0, 0.1) is 5.92 Å². The summed E-state index contributed by atoms with van der Waals surface area (Å²) in [6.07, 6.45) is -0.695. The van der Waals surface area contributed by atoms with Crippen LogP contribution in [0.15, 0.2) is 30.3 Å². The quantitative estimate of drug-likeness (QED) is 0.770. The first-order chi connectivity index (χ1) is 7.09. The molecule has 1 aliphatic rings. The molecule has 2 rings (SSSR count). The van der Waals surface area contributed by atoms with Crippen LogP contribution in [0.4, 0.5) is 0 Å². The van der Waals surface area contributed by atoms with Crippen LogP contribution < -0.4 is 0 Å². The lowest BCUT2D eigenvalue weighted by atomic mass is 9.85. The zero-order chi connectivity index (χ0) is 11.1. The maximum atomic E-state index is 10.9. The number of epoxide rings is 1. The van der Waals surface area contributed by atoms with Gasteiger partial charge in [0.05, 0.1) is 0 Å². The molecule has 1 fully saturated rings. The van der Waals surface area contributed by atoms with Crippen LogP contribution in [0.1, 0.15) is 19.4 Å². The van der Waals surface area contributed by atoms with Crippen molar-refractivity contribution in [1.82, 2.24) is 0 Å². The van der Waals surface area contributed by atoms with Gasteiger partial charge in [-0.25, -0.2) is 4.79 Å². The molecule has 80 valence electrons. The Kier molecular flexibility index (Phi) is 2.27.